The Morgan fingerprint density at radius 2 is 1.62 bits per heavy atom. The van der Waals surface area contributed by atoms with Gasteiger partial charge in [0.15, 0.2) is 0 Å². The van der Waals surface area contributed by atoms with E-state index < -0.39 is 48.6 Å². The molecule has 3 rings (SSSR count). The lowest BCUT2D eigenvalue weighted by Crippen LogP contribution is -2.35. The van der Waals surface area contributed by atoms with Crippen LogP contribution in [-0.4, -0.2) is 27.3 Å². The summed E-state index contributed by atoms with van der Waals surface area (Å²) in [7, 11) is -9.82. The van der Waals surface area contributed by atoms with Gasteiger partial charge in [-0.3, -0.25) is 4.72 Å². The molecule has 0 amide bonds. The first-order chi connectivity index (χ1) is 14.8. The van der Waals surface area contributed by atoms with Crippen LogP contribution in [0, 0.1) is 11.6 Å². The number of nitrogens with zero attached hydrogens (tertiary/aromatic N) is 1. The Morgan fingerprint density at radius 1 is 0.969 bits per heavy atom. The van der Waals surface area contributed by atoms with E-state index in [1.807, 2.05) is 0 Å². The maximum absolute atomic E-state index is 13.8. The van der Waals surface area contributed by atoms with E-state index in [0.717, 1.165) is 23.5 Å². The monoisotopic (exact) mass is 513 g/mol. The number of rotatable bonds is 7. The van der Waals surface area contributed by atoms with E-state index in [2.05, 4.69) is 9.71 Å². The van der Waals surface area contributed by atoms with Crippen LogP contribution in [0.2, 0.25) is 0 Å². The molecule has 0 unspecified atom stereocenters. The Bertz CT molecular complexity index is 1340. The molecule has 0 spiro atoms. The van der Waals surface area contributed by atoms with Crippen molar-refractivity contribution in [1.29, 1.82) is 0 Å². The summed E-state index contributed by atoms with van der Waals surface area (Å²) in [5, 5.41) is 0.0735. The molecule has 2 N–H and O–H groups in total. The summed E-state index contributed by atoms with van der Waals surface area (Å²) >= 11 is 0.927. The van der Waals surface area contributed by atoms with Crippen molar-refractivity contribution >= 4 is 37.1 Å². The van der Waals surface area contributed by atoms with E-state index in [4.69, 9.17) is 0 Å². The van der Waals surface area contributed by atoms with E-state index in [0.29, 0.717) is 16.5 Å². The van der Waals surface area contributed by atoms with Gasteiger partial charge in [0.25, 0.3) is 10.0 Å². The van der Waals surface area contributed by atoms with Crippen molar-refractivity contribution in [3.8, 4) is 10.4 Å². The van der Waals surface area contributed by atoms with Gasteiger partial charge in [-0.25, -0.2) is 35.3 Å². The van der Waals surface area contributed by atoms with Crippen LogP contribution in [0.25, 0.3) is 10.4 Å². The summed E-state index contributed by atoms with van der Waals surface area (Å²) < 4.78 is 114. The third-order valence-corrected chi connectivity index (χ3v) is 7.47. The van der Waals surface area contributed by atoms with Crippen LogP contribution in [0.4, 0.5) is 27.6 Å². The molecule has 32 heavy (non-hydrogen) atoms. The van der Waals surface area contributed by atoms with Crippen molar-refractivity contribution in [2.45, 2.75) is 16.9 Å². The molecule has 172 valence electrons. The summed E-state index contributed by atoms with van der Waals surface area (Å²) in [6.45, 7) is -0.659. The molecule has 0 fully saturated rings. The van der Waals surface area contributed by atoms with Crippen LogP contribution in [0.15, 0.2) is 53.6 Å². The molecule has 2 aromatic carbocycles. The molecular formula is C17H12F5N3O4S3. The number of hydrogen-bond donors (Lipinski definition) is 2. The first-order valence-corrected chi connectivity index (χ1v) is 12.2. The predicted octanol–water partition coefficient (Wildman–Crippen LogP) is 3.83. The molecule has 0 aliphatic carbocycles. The van der Waals surface area contributed by atoms with Gasteiger partial charge >= 0.3 is 15.5 Å². The van der Waals surface area contributed by atoms with Gasteiger partial charge < -0.3 is 0 Å². The van der Waals surface area contributed by atoms with Gasteiger partial charge in [0.2, 0.25) is 0 Å². The van der Waals surface area contributed by atoms with Crippen molar-refractivity contribution in [2.24, 2.45) is 0 Å². The van der Waals surface area contributed by atoms with Crippen LogP contribution in [0.3, 0.4) is 0 Å². The number of anilines is 1. The van der Waals surface area contributed by atoms with Gasteiger partial charge in [0, 0.05) is 18.0 Å². The second-order valence-corrected chi connectivity index (χ2v) is 10.7. The standard InChI is InChI=1S/C17H12F5N3O4S3/c18-11-3-6-15(13(19)7-11)31(26,27)25-12-4-1-10(2-5-12)14-8-23-16(30-14)9-24-32(28,29)17(20,21)22/h1-8,24-25H,9H2. The summed E-state index contributed by atoms with van der Waals surface area (Å²) in [4.78, 5) is 3.59. The molecule has 0 bridgehead atoms. The summed E-state index contributed by atoms with van der Waals surface area (Å²) in [6.07, 6.45) is 1.31. The smallest absolute Gasteiger partial charge is 0.280 e. The van der Waals surface area contributed by atoms with E-state index >= 15 is 0 Å². The Morgan fingerprint density at radius 3 is 2.22 bits per heavy atom. The number of alkyl halides is 3. The average Bonchev–Trinajstić information content (AvgIpc) is 3.14. The number of hydrogen-bond acceptors (Lipinski definition) is 6. The molecule has 7 nitrogen and oxygen atoms in total. The highest BCUT2D eigenvalue weighted by atomic mass is 32.2. The van der Waals surface area contributed by atoms with Crippen molar-refractivity contribution in [2.75, 3.05) is 4.72 Å². The first kappa shape index (κ1) is 24.0. The quantitative estimate of drug-likeness (QED) is 0.468. The SMILES string of the molecule is O=S(=O)(Nc1ccc(-c2cnc(CNS(=O)(=O)C(F)(F)F)s2)cc1)c1ccc(F)cc1F. The normalized spacial score (nSPS) is 12.7. The summed E-state index contributed by atoms with van der Waals surface area (Å²) in [5.41, 5.74) is -4.85. The predicted molar refractivity (Wildman–Crippen MR) is 107 cm³/mol. The van der Waals surface area contributed by atoms with Crippen LogP contribution in [-0.2, 0) is 26.6 Å². The van der Waals surface area contributed by atoms with Gasteiger partial charge in [-0.05, 0) is 29.8 Å². The van der Waals surface area contributed by atoms with Crippen molar-refractivity contribution in [3.05, 3.63) is 65.3 Å². The zero-order chi connectivity index (χ0) is 23.7. The maximum Gasteiger partial charge on any atom is 0.511 e. The van der Waals surface area contributed by atoms with Crippen LogP contribution in [0.1, 0.15) is 5.01 Å². The van der Waals surface area contributed by atoms with Crippen LogP contribution >= 0.6 is 11.3 Å². The molecule has 0 atom stereocenters. The minimum Gasteiger partial charge on any atom is -0.280 e. The van der Waals surface area contributed by atoms with Crippen LogP contribution in [0.5, 0.6) is 0 Å². The van der Waals surface area contributed by atoms with Crippen LogP contribution < -0.4 is 9.44 Å². The highest BCUT2D eigenvalue weighted by molar-refractivity contribution is 7.92. The van der Waals surface area contributed by atoms with Crippen molar-refractivity contribution in [3.63, 3.8) is 0 Å². The molecule has 0 saturated heterocycles. The molecular weight excluding hydrogens is 501 g/mol. The minimum atomic E-state index is -5.50. The van der Waals surface area contributed by atoms with Gasteiger partial charge in [0.1, 0.15) is 21.5 Å². The zero-order valence-electron chi connectivity index (χ0n) is 15.5. The molecule has 0 aliphatic heterocycles. The largest absolute Gasteiger partial charge is 0.511 e. The number of nitrogens with one attached hydrogen (secondary N) is 2. The number of halogens is 5. The minimum absolute atomic E-state index is 0.0696. The Labute approximate surface area is 183 Å². The molecule has 0 saturated carbocycles. The van der Waals surface area contributed by atoms with Gasteiger partial charge in [-0.2, -0.15) is 13.2 Å². The lowest BCUT2D eigenvalue weighted by atomic mass is 10.2. The lowest BCUT2D eigenvalue weighted by Gasteiger charge is -2.09. The van der Waals surface area contributed by atoms with Gasteiger partial charge in [-0.15, -0.1) is 11.3 Å². The average molecular weight is 513 g/mol. The fraction of sp³-hybridized carbons (Fsp3) is 0.118. The van der Waals surface area contributed by atoms with E-state index in [1.165, 1.54) is 35.2 Å². The van der Waals surface area contributed by atoms with E-state index in [-0.39, 0.29) is 10.7 Å². The van der Waals surface area contributed by atoms with Crippen molar-refractivity contribution < 1.29 is 38.8 Å². The third-order valence-electron chi connectivity index (χ3n) is 3.88. The fourth-order valence-corrected chi connectivity index (χ4v) is 4.93. The molecule has 1 heterocycles. The number of thiazole rings is 1. The summed E-state index contributed by atoms with van der Waals surface area (Å²) in [5.74, 6) is -2.19. The molecule has 3 aromatic rings. The molecule has 1 aromatic heterocycles. The Kier molecular flexibility index (Phi) is 6.55. The molecule has 0 aliphatic rings. The van der Waals surface area contributed by atoms with Crippen molar-refractivity contribution in [1.82, 2.24) is 9.71 Å². The zero-order valence-corrected chi connectivity index (χ0v) is 18.0. The van der Waals surface area contributed by atoms with E-state index in [9.17, 15) is 38.8 Å². The molecule has 15 heteroatoms. The number of aromatic nitrogens is 1. The Hall–Kier alpha value is -2.62. The first-order valence-electron chi connectivity index (χ1n) is 8.37. The second kappa shape index (κ2) is 8.73. The highest BCUT2D eigenvalue weighted by Gasteiger charge is 2.45. The third kappa shape index (κ3) is 5.40. The number of benzene rings is 2. The lowest BCUT2D eigenvalue weighted by molar-refractivity contribution is -0.0448. The fourth-order valence-electron chi connectivity index (χ4n) is 2.37. The van der Waals surface area contributed by atoms with E-state index in [1.54, 1.807) is 0 Å². The topological polar surface area (TPSA) is 105 Å². The second-order valence-electron chi connectivity index (χ2n) is 6.15. The van der Waals surface area contributed by atoms with Gasteiger partial charge in [-0.1, -0.05) is 12.1 Å². The van der Waals surface area contributed by atoms with Gasteiger partial charge in [0.05, 0.1) is 11.4 Å². The Balaban J connectivity index is 1.71. The molecule has 0 radical (unpaired) electrons. The number of sulfonamides is 2. The highest BCUT2D eigenvalue weighted by Crippen LogP contribution is 2.29. The maximum atomic E-state index is 13.8. The summed E-state index contributed by atoms with van der Waals surface area (Å²) in [6, 6.07) is 7.66.